The zero-order valence-corrected chi connectivity index (χ0v) is 18.1. The van der Waals surface area contributed by atoms with Gasteiger partial charge in [0.05, 0.1) is 6.42 Å². The van der Waals surface area contributed by atoms with E-state index in [4.69, 9.17) is 4.74 Å². The van der Waals surface area contributed by atoms with Gasteiger partial charge in [-0.05, 0) is 28.7 Å². The first-order valence-corrected chi connectivity index (χ1v) is 9.99. The number of carbonyl (C=O) groups is 3. The Balaban J connectivity index is 1.69. The van der Waals surface area contributed by atoms with E-state index >= 15 is 0 Å². The fourth-order valence-corrected chi connectivity index (χ4v) is 2.77. The molecule has 1 N–H and O–H groups in total. The molecule has 2 aromatic carbocycles. The molecule has 0 atom stereocenters. The predicted octanol–water partition coefficient (Wildman–Crippen LogP) is 3.31. The first kappa shape index (κ1) is 23.1. The first-order chi connectivity index (χ1) is 14.2. The largest absolute Gasteiger partial charge is 0.456 e. The average Bonchev–Trinajstić information content (AvgIpc) is 2.72. The van der Waals surface area contributed by atoms with E-state index in [-0.39, 0.29) is 36.8 Å². The molecule has 0 fully saturated rings. The van der Waals surface area contributed by atoms with Crippen LogP contribution in [0.1, 0.15) is 48.7 Å². The number of nitrogens with one attached hydrogen (secondary N) is 1. The molecular formula is C24H30N2O4. The zero-order chi connectivity index (χ0) is 22.1. The normalized spacial score (nSPS) is 10.9. The van der Waals surface area contributed by atoms with Gasteiger partial charge in [0.25, 0.3) is 11.8 Å². The van der Waals surface area contributed by atoms with Gasteiger partial charge < -0.3 is 15.0 Å². The second-order valence-corrected chi connectivity index (χ2v) is 8.23. The summed E-state index contributed by atoms with van der Waals surface area (Å²) in [4.78, 5) is 37.7. The molecule has 30 heavy (non-hydrogen) atoms. The van der Waals surface area contributed by atoms with Crippen molar-refractivity contribution in [3.63, 3.8) is 0 Å². The highest BCUT2D eigenvalue weighted by atomic mass is 16.5. The molecular weight excluding hydrogens is 380 g/mol. The summed E-state index contributed by atoms with van der Waals surface area (Å²) in [5.74, 6) is -1.06. The number of amides is 2. The summed E-state index contributed by atoms with van der Waals surface area (Å²) in [6, 6.07) is 17.0. The lowest BCUT2D eigenvalue weighted by Gasteiger charge is -2.19. The van der Waals surface area contributed by atoms with Gasteiger partial charge in [0.1, 0.15) is 0 Å². The van der Waals surface area contributed by atoms with Gasteiger partial charge in [-0.2, -0.15) is 0 Å². The quantitative estimate of drug-likeness (QED) is 0.678. The van der Waals surface area contributed by atoms with Crippen LogP contribution in [-0.4, -0.2) is 42.9 Å². The first-order valence-electron chi connectivity index (χ1n) is 9.99. The third-order valence-corrected chi connectivity index (χ3v) is 4.67. The molecule has 2 amide bonds. The summed E-state index contributed by atoms with van der Waals surface area (Å²) in [5, 5.41) is 2.70. The number of rotatable bonds is 8. The molecule has 0 aliphatic carbocycles. The van der Waals surface area contributed by atoms with E-state index in [0.717, 1.165) is 11.1 Å². The van der Waals surface area contributed by atoms with Crippen molar-refractivity contribution in [2.45, 2.75) is 39.2 Å². The van der Waals surface area contributed by atoms with Gasteiger partial charge in [-0.15, -0.1) is 0 Å². The molecule has 0 heterocycles. The maximum atomic E-state index is 12.2. The molecule has 0 saturated heterocycles. The topological polar surface area (TPSA) is 75.7 Å². The highest BCUT2D eigenvalue weighted by molar-refractivity contribution is 5.94. The van der Waals surface area contributed by atoms with Crippen molar-refractivity contribution in [2.24, 2.45) is 0 Å². The van der Waals surface area contributed by atoms with Crippen molar-refractivity contribution in [3.05, 3.63) is 71.3 Å². The fraction of sp³-hybridized carbons (Fsp3) is 0.375. The molecule has 6 nitrogen and oxygen atoms in total. The molecule has 0 radical (unpaired) electrons. The van der Waals surface area contributed by atoms with Crippen LogP contribution in [0.15, 0.2) is 54.6 Å². The number of benzene rings is 2. The molecule has 0 saturated carbocycles. The molecule has 2 aromatic rings. The minimum Gasteiger partial charge on any atom is -0.456 e. The lowest BCUT2D eigenvalue weighted by atomic mass is 9.87. The summed E-state index contributed by atoms with van der Waals surface area (Å²) in [6.45, 7) is 6.60. The van der Waals surface area contributed by atoms with Crippen LogP contribution in [0, 0.1) is 0 Å². The van der Waals surface area contributed by atoms with Crippen molar-refractivity contribution < 1.29 is 19.1 Å². The van der Waals surface area contributed by atoms with Crippen molar-refractivity contribution in [2.75, 3.05) is 20.2 Å². The van der Waals surface area contributed by atoms with E-state index < -0.39 is 5.97 Å². The van der Waals surface area contributed by atoms with Crippen molar-refractivity contribution >= 4 is 17.8 Å². The Morgan fingerprint density at radius 1 is 0.967 bits per heavy atom. The molecule has 0 spiro atoms. The van der Waals surface area contributed by atoms with Crippen LogP contribution in [-0.2, 0) is 26.3 Å². The SMILES string of the molecule is CN(Cc1ccccc1)C(=O)COC(=O)CCNC(=O)c1ccc(C(C)(C)C)cc1. The monoisotopic (exact) mass is 410 g/mol. The van der Waals surface area contributed by atoms with Crippen LogP contribution in [0.25, 0.3) is 0 Å². The second kappa shape index (κ2) is 10.6. The molecule has 0 aliphatic heterocycles. The van der Waals surface area contributed by atoms with Gasteiger partial charge in [0.2, 0.25) is 0 Å². The molecule has 160 valence electrons. The zero-order valence-electron chi connectivity index (χ0n) is 18.1. The van der Waals surface area contributed by atoms with Crippen molar-refractivity contribution in [3.8, 4) is 0 Å². The third-order valence-electron chi connectivity index (χ3n) is 4.67. The Morgan fingerprint density at radius 2 is 1.60 bits per heavy atom. The standard InChI is InChI=1S/C24H30N2O4/c1-24(2,3)20-12-10-19(11-13-20)23(29)25-15-14-22(28)30-17-21(27)26(4)16-18-8-6-5-7-9-18/h5-13H,14-17H2,1-4H3,(H,25,29). The van der Waals surface area contributed by atoms with E-state index in [1.807, 2.05) is 42.5 Å². The lowest BCUT2D eigenvalue weighted by molar-refractivity contribution is -0.151. The van der Waals surface area contributed by atoms with Gasteiger partial charge in [-0.3, -0.25) is 14.4 Å². The minimum atomic E-state index is -0.528. The summed E-state index contributed by atoms with van der Waals surface area (Å²) >= 11 is 0. The Hall–Kier alpha value is -3.15. The van der Waals surface area contributed by atoms with Crippen molar-refractivity contribution in [1.82, 2.24) is 10.2 Å². The Labute approximate surface area is 178 Å². The molecule has 6 heteroatoms. The molecule has 0 aromatic heterocycles. The Kier molecular flexibility index (Phi) is 8.16. The van der Waals surface area contributed by atoms with Gasteiger partial charge in [0.15, 0.2) is 6.61 Å². The molecule has 0 bridgehead atoms. The Bertz CT molecular complexity index is 855. The maximum absolute atomic E-state index is 12.2. The average molecular weight is 411 g/mol. The minimum absolute atomic E-state index is 0.00148. The molecule has 2 rings (SSSR count). The maximum Gasteiger partial charge on any atom is 0.308 e. The lowest BCUT2D eigenvalue weighted by Crippen LogP contribution is -2.31. The smallest absolute Gasteiger partial charge is 0.308 e. The van der Waals surface area contributed by atoms with E-state index in [9.17, 15) is 14.4 Å². The fourth-order valence-electron chi connectivity index (χ4n) is 2.77. The number of carbonyl (C=O) groups excluding carboxylic acids is 3. The van der Waals surface area contributed by atoms with Crippen LogP contribution in [0.2, 0.25) is 0 Å². The third kappa shape index (κ3) is 7.35. The van der Waals surface area contributed by atoms with Gasteiger partial charge >= 0.3 is 5.97 Å². The van der Waals surface area contributed by atoms with Crippen molar-refractivity contribution in [1.29, 1.82) is 0 Å². The summed E-state index contributed by atoms with van der Waals surface area (Å²) in [7, 11) is 1.66. The van der Waals surface area contributed by atoms with Crippen LogP contribution in [0.3, 0.4) is 0 Å². The van der Waals surface area contributed by atoms with Crippen LogP contribution in [0.5, 0.6) is 0 Å². The molecule has 0 aliphatic rings. The highest BCUT2D eigenvalue weighted by Gasteiger charge is 2.15. The second-order valence-electron chi connectivity index (χ2n) is 8.23. The number of esters is 1. The molecule has 0 unspecified atom stereocenters. The van der Waals surface area contributed by atoms with Gasteiger partial charge in [-0.25, -0.2) is 0 Å². The van der Waals surface area contributed by atoms with E-state index in [2.05, 4.69) is 26.1 Å². The van der Waals surface area contributed by atoms with Crippen LogP contribution >= 0.6 is 0 Å². The summed E-state index contributed by atoms with van der Waals surface area (Å²) in [5.41, 5.74) is 2.70. The Morgan fingerprint density at radius 3 is 2.20 bits per heavy atom. The number of hydrogen-bond donors (Lipinski definition) is 1. The van der Waals surface area contributed by atoms with Gasteiger partial charge in [-0.1, -0.05) is 63.2 Å². The van der Waals surface area contributed by atoms with Crippen LogP contribution < -0.4 is 5.32 Å². The predicted molar refractivity (Wildman–Crippen MR) is 116 cm³/mol. The van der Waals surface area contributed by atoms with Crippen LogP contribution in [0.4, 0.5) is 0 Å². The summed E-state index contributed by atoms with van der Waals surface area (Å²) < 4.78 is 5.02. The van der Waals surface area contributed by atoms with Gasteiger partial charge in [0, 0.05) is 25.7 Å². The number of nitrogens with zero attached hydrogens (tertiary/aromatic N) is 1. The van der Waals surface area contributed by atoms with E-state index in [1.165, 1.54) is 4.90 Å². The van der Waals surface area contributed by atoms with E-state index in [1.54, 1.807) is 19.2 Å². The van der Waals surface area contributed by atoms with E-state index in [0.29, 0.717) is 12.1 Å². The number of ether oxygens (including phenoxy) is 1. The summed E-state index contributed by atoms with van der Waals surface area (Å²) in [6.07, 6.45) is 0.00148. The highest BCUT2D eigenvalue weighted by Crippen LogP contribution is 2.22. The number of likely N-dealkylation sites (N-methyl/N-ethyl adjacent to an activating group) is 1. The number of hydrogen-bond acceptors (Lipinski definition) is 4.